The van der Waals surface area contributed by atoms with E-state index >= 15 is 0 Å². The number of carbonyl (C=O) groups excluding carboxylic acids is 2. The van der Waals surface area contributed by atoms with Crippen LogP contribution in [-0.4, -0.2) is 66.9 Å². The molecule has 0 bridgehead atoms. The second kappa shape index (κ2) is 11.2. The van der Waals surface area contributed by atoms with Gasteiger partial charge in [-0.3, -0.25) is 14.5 Å². The fraction of sp³-hybridized carbons (Fsp3) is 0.692. The molecule has 2 amide bonds. The zero-order chi connectivity index (χ0) is 22.3. The van der Waals surface area contributed by atoms with Crippen molar-refractivity contribution in [2.45, 2.75) is 70.8 Å². The van der Waals surface area contributed by atoms with Crippen molar-refractivity contribution in [3.8, 4) is 0 Å². The summed E-state index contributed by atoms with van der Waals surface area (Å²) in [5, 5.41) is 3.09. The topological polar surface area (TPSA) is 55.9 Å². The number of nitrogens with one attached hydrogen (secondary N) is 1. The van der Waals surface area contributed by atoms with Crippen molar-refractivity contribution in [1.29, 1.82) is 0 Å². The van der Waals surface area contributed by atoms with Gasteiger partial charge in [0.1, 0.15) is 0 Å². The van der Waals surface area contributed by atoms with E-state index < -0.39 is 0 Å². The van der Waals surface area contributed by atoms with E-state index in [1.807, 2.05) is 19.1 Å². The Morgan fingerprint density at radius 2 is 1.38 bits per heavy atom. The first-order valence-electron chi connectivity index (χ1n) is 12.8. The lowest BCUT2D eigenvalue weighted by molar-refractivity contribution is -0.137. The van der Waals surface area contributed by atoms with E-state index in [4.69, 9.17) is 0 Å². The fourth-order valence-electron chi connectivity index (χ4n) is 5.40. The third-order valence-corrected chi connectivity index (χ3v) is 7.58. The van der Waals surface area contributed by atoms with Gasteiger partial charge in [0.2, 0.25) is 11.8 Å². The van der Waals surface area contributed by atoms with Gasteiger partial charge in [-0.25, -0.2) is 0 Å². The van der Waals surface area contributed by atoms with Crippen LogP contribution in [0.2, 0.25) is 0 Å². The van der Waals surface area contributed by atoms with E-state index in [9.17, 15) is 9.59 Å². The third-order valence-electron chi connectivity index (χ3n) is 7.58. The third kappa shape index (κ3) is 5.83. The zero-order valence-electron chi connectivity index (χ0n) is 19.7. The van der Waals surface area contributed by atoms with Crippen molar-refractivity contribution in [2.24, 2.45) is 5.92 Å². The second-order valence-corrected chi connectivity index (χ2v) is 9.81. The maximum Gasteiger partial charge on any atom is 0.241 e. The Morgan fingerprint density at radius 3 is 2.00 bits per heavy atom. The first kappa shape index (κ1) is 23.1. The summed E-state index contributed by atoms with van der Waals surface area (Å²) in [6.45, 7) is 7.70. The van der Waals surface area contributed by atoms with Gasteiger partial charge in [0.25, 0.3) is 0 Å². The first-order valence-corrected chi connectivity index (χ1v) is 12.8. The van der Waals surface area contributed by atoms with Crippen LogP contribution in [0, 0.1) is 5.92 Å². The van der Waals surface area contributed by atoms with E-state index in [1.54, 1.807) is 0 Å². The van der Waals surface area contributed by atoms with Crippen LogP contribution in [0.15, 0.2) is 24.3 Å². The Hall–Kier alpha value is -2.08. The molecule has 1 atom stereocenters. The molecule has 0 aromatic heterocycles. The van der Waals surface area contributed by atoms with E-state index in [0.29, 0.717) is 5.91 Å². The van der Waals surface area contributed by atoms with Gasteiger partial charge < -0.3 is 15.1 Å². The Balaban J connectivity index is 1.24. The Labute approximate surface area is 193 Å². The highest BCUT2D eigenvalue weighted by Crippen LogP contribution is 2.25. The number of anilines is 2. The average Bonchev–Trinajstić information content (AvgIpc) is 3.14. The fourth-order valence-corrected chi connectivity index (χ4v) is 5.40. The summed E-state index contributed by atoms with van der Waals surface area (Å²) in [4.78, 5) is 32.5. The smallest absolute Gasteiger partial charge is 0.241 e. The monoisotopic (exact) mass is 440 g/mol. The minimum atomic E-state index is -0.189. The van der Waals surface area contributed by atoms with Gasteiger partial charge in [-0.05, 0) is 89.2 Å². The molecule has 3 aliphatic rings. The minimum absolute atomic E-state index is 0.0352. The molecule has 6 heteroatoms. The van der Waals surface area contributed by atoms with Crippen LogP contribution >= 0.6 is 0 Å². The lowest BCUT2D eigenvalue weighted by Crippen LogP contribution is -2.48. The second-order valence-electron chi connectivity index (χ2n) is 9.81. The molecule has 3 saturated heterocycles. The van der Waals surface area contributed by atoms with Gasteiger partial charge in [-0.1, -0.05) is 12.8 Å². The number of rotatable bonds is 5. The number of nitrogens with zero attached hydrogens (tertiary/aromatic N) is 3. The first-order chi connectivity index (χ1) is 15.6. The van der Waals surface area contributed by atoms with Crippen LogP contribution in [0.25, 0.3) is 0 Å². The number of hydrogen-bond donors (Lipinski definition) is 1. The van der Waals surface area contributed by atoms with Crippen molar-refractivity contribution in [3.63, 3.8) is 0 Å². The van der Waals surface area contributed by atoms with Gasteiger partial charge in [-0.15, -0.1) is 0 Å². The average molecular weight is 441 g/mol. The van der Waals surface area contributed by atoms with Crippen molar-refractivity contribution < 1.29 is 9.59 Å². The number of piperidine rings is 2. The van der Waals surface area contributed by atoms with Crippen LogP contribution < -0.4 is 10.2 Å². The SMILES string of the molecule is C[C@H](C(=O)Nc1ccc(N2CCCCC2)cc1)N1CCC(C(=O)N2CCCCCC2)CC1. The summed E-state index contributed by atoms with van der Waals surface area (Å²) in [6, 6.07) is 8.07. The van der Waals surface area contributed by atoms with Gasteiger partial charge >= 0.3 is 0 Å². The molecule has 3 heterocycles. The van der Waals surface area contributed by atoms with E-state index in [0.717, 1.165) is 70.6 Å². The predicted molar refractivity (Wildman–Crippen MR) is 130 cm³/mol. The molecule has 1 N–H and O–H groups in total. The summed E-state index contributed by atoms with van der Waals surface area (Å²) < 4.78 is 0. The van der Waals surface area contributed by atoms with E-state index in [2.05, 4.69) is 32.1 Å². The van der Waals surface area contributed by atoms with Crippen molar-refractivity contribution >= 4 is 23.2 Å². The molecule has 0 aliphatic carbocycles. The van der Waals surface area contributed by atoms with Crippen LogP contribution in [0.1, 0.15) is 64.7 Å². The zero-order valence-corrected chi connectivity index (χ0v) is 19.7. The lowest BCUT2D eigenvalue weighted by atomic mass is 9.94. The normalized spacial score (nSPS) is 22.3. The van der Waals surface area contributed by atoms with Crippen LogP contribution in [0.3, 0.4) is 0 Å². The number of likely N-dealkylation sites (tertiary alicyclic amines) is 2. The molecule has 3 fully saturated rings. The molecule has 1 aromatic rings. The predicted octanol–water partition coefficient (Wildman–Crippen LogP) is 4.12. The highest BCUT2D eigenvalue weighted by atomic mass is 16.2. The Bertz CT molecular complexity index is 744. The minimum Gasteiger partial charge on any atom is -0.372 e. The lowest BCUT2D eigenvalue weighted by Gasteiger charge is -2.36. The number of benzene rings is 1. The number of hydrogen-bond acceptors (Lipinski definition) is 4. The highest BCUT2D eigenvalue weighted by molar-refractivity contribution is 5.94. The number of amides is 2. The molecule has 0 saturated carbocycles. The van der Waals surface area contributed by atoms with Crippen LogP contribution in [-0.2, 0) is 9.59 Å². The molecule has 0 radical (unpaired) electrons. The molecule has 0 unspecified atom stereocenters. The largest absolute Gasteiger partial charge is 0.372 e. The van der Waals surface area contributed by atoms with E-state index in [1.165, 1.54) is 37.8 Å². The van der Waals surface area contributed by atoms with Crippen LogP contribution in [0.4, 0.5) is 11.4 Å². The molecule has 4 rings (SSSR count). The van der Waals surface area contributed by atoms with Gasteiger partial charge in [0, 0.05) is 43.5 Å². The Kier molecular flexibility index (Phi) is 8.06. The molecular weight excluding hydrogens is 400 g/mol. The molecule has 176 valence electrons. The van der Waals surface area contributed by atoms with Gasteiger partial charge in [0.05, 0.1) is 6.04 Å². The summed E-state index contributed by atoms with van der Waals surface area (Å²) in [5.74, 6) is 0.507. The summed E-state index contributed by atoms with van der Waals surface area (Å²) in [5.41, 5.74) is 2.10. The maximum absolute atomic E-state index is 12.9. The quantitative estimate of drug-likeness (QED) is 0.748. The Morgan fingerprint density at radius 1 is 0.812 bits per heavy atom. The highest BCUT2D eigenvalue weighted by Gasteiger charge is 2.32. The molecule has 0 spiro atoms. The summed E-state index contributed by atoms with van der Waals surface area (Å²) >= 11 is 0. The maximum atomic E-state index is 12.9. The summed E-state index contributed by atoms with van der Waals surface area (Å²) in [7, 11) is 0. The van der Waals surface area contributed by atoms with Crippen molar-refractivity contribution in [1.82, 2.24) is 9.80 Å². The van der Waals surface area contributed by atoms with Crippen molar-refractivity contribution in [3.05, 3.63) is 24.3 Å². The molecule has 3 aliphatic heterocycles. The molecule has 32 heavy (non-hydrogen) atoms. The molecular formula is C26H40N4O2. The standard InChI is InChI=1S/C26H40N4O2/c1-21(25(31)27-23-9-11-24(12-10-23)29-15-7-4-8-16-29)28-19-13-22(14-20-28)26(32)30-17-5-2-3-6-18-30/h9-12,21-22H,2-8,13-20H2,1H3,(H,27,31)/t21-/m1/s1. The van der Waals surface area contributed by atoms with E-state index in [-0.39, 0.29) is 17.9 Å². The molecule has 1 aromatic carbocycles. The summed E-state index contributed by atoms with van der Waals surface area (Å²) in [6.07, 6.45) is 10.3. The van der Waals surface area contributed by atoms with Gasteiger partial charge in [0.15, 0.2) is 0 Å². The van der Waals surface area contributed by atoms with Crippen molar-refractivity contribution in [2.75, 3.05) is 49.5 Å². The molecule has 6 nitrogen and oxygen atoms in total. The number of carbonyl (C=O) groups is 2. The van der Waals surface area contributed by atoms with Crippen LogP contribution in [0.5, 0.6) is 0 Å². The van der Waals surface area contributed by atoms with Gasteiger partial charge in [-0.2, -0.15) is 0 Å².